The molecule has 0 saturated carbocycles. The molecule has 0 saturated heterocycles. The number of benzene rings is 12. The van der Waals surface area contributed by atoms with E-state index in [1.54, 1.807) is 0 Å². The van der Waals surface area contributed by atoms with E-state index >= 15 is 0 Å². The first-order chi connectivity index (χ1) is 32.7. The highest BCUT2D eigenvalue weighted by Crippen LogP contribution is 2.47. The van der Waals surface area contributed by atoms with Crippen molar-refractivity contribution in [2.45, 2.75) is 0 Å². The molecule has 0 atom stereocenters. The number of hydrogen-bond donors (Lipinski definition) is 0. The number of rotatable bonds is 5. The predicted octanol–water partition coefficient (Wildman–Crippen LogP) is 17.5. The van der Waals surface area contributed by atoms with Crippen LogP contribution in [0.3, 0.4) is 0 Å². The third-order valence-corrected chi connectivity index (χ3v) is 14.1. The number of para-hydroxylation sites is 4. The zero-order valence-corrected chi connectivity index (χ0v) is 36.0. The fourth-order valence-corrected chi connectivity index (χ4v) is 11.0. The van der Waals surface area contributed by atoms with Gasteiger partial charge in [-0.05, 0) is 137 Å². The molecule has 14 rings (SSSR count). The van der Waals surface area contributed by atoms with E-state index in [0.29, 0.717) is 0 Å². The van der Waals surface area contributed by atoms with Crippen molar-refractivity contribution in [3.8, 4) is 44.8 Å². The molecule has 0 aliphatic rings. The molecule has 2 heterocycles. The predicted molar refractivity (Wildman–Crippen MR) is 281 cm³/mol. The van der Waals surface area contributed by atoms with Crippen LogP contribution >= 0.6 is 0 Å². The molecule has 66 heavy (non-hydrogen) atoms. The lowest BCUT2D eigenvalue weighted by atomic mass is 9.84. The van der Waals surface area contributed by atoms with E-state index in [-0.39, 0.29) is 0 Å². The molecular formula is C64H40N2. The van der Waals surface area contributed by atoms with E-state index in [4.69, 9.17) is 0 Å². The number of nitrogens with zero attached hydrogens (tertiary/aromatic N) is 2. The summed E-state index contributed by atoms with van der Waals surface area (Å²) in [6, 6.07) is 89.9. The van der Waals surface area contributed by atoms with E-state index < -0.39 is 0 Å². The molecular weight excluding hydrogens is 797 g/mol. The Bertz CT molecular complexity index is 4170. The lowest BCUT2D eigenvalue weighted by molar-refractivity contribution is 1.18. The summed E-state index contributed by atoms with van der Waals surface area (Å²) in [5.74, 6) is 0. The second-order valence-electron chi connectivity index (χ2n) is 17.7. The average molecular weight is 837 g/mol. The Morgan fingerprint density at radius 3 is 1.02 bits per heavy atom. The standard InChI is InChI=1S/C64H40N2/c1-3-15-45-37-47(31-27-41(45)13-1)43-25-29-44(30-26-43)63-55-35-33-50(66-61-23-11-7-19-53(61)54-20-8-12-24-62(54)66)40-58(55)64(48-32-28-42-14-2-4-16-46(42)38-48)56-36-34-49(39-57(56)63)65-59-21-9-5-17-51(59)52-18-6-10-22-60(52)65/h1-40H. The summed E-state index contributed by atoms with van der Waals surface area (Å²) in [6.45, 7) is 0. The first kappa shape index (κ1) is 36.7. The van der Waals surface area contributed by atoms with Gasteiger partial charge in [0.05, 0.1) is 22.1 Å². The molecule has 2 heteroatoms. The van der Waals surface area contributed by atoms with Crippen molar-refractivity contribution < 1.29 is 0 Å². The van der Waals surface area contributed by atoms with Gasteiger partial charge in [-0.1, -0.05) is 182 Å². The van der Waals surface area contributed by atoms with E-state index in [1.807, 2.05) is 0 Å². The lowest BCUT2D eigenvalue weighted by Gasteiger charge is -2.21. The van der Waals surface area contributed by atoms with Gasteiger partial charge in [-0.25, -0.2) is 0 Å². The molecule has 2 nitrogen and oxygen atoms in total. The molecule has 0 amide bonds. The number of aromatic nitrogens is 2. The van der Waals surface area contributed by atoms with Gasteiger partial charge in [0.25, 0.3) is 0 Å². The van der Waals surface area contributed by atoms with E-state index in [2.05, 4.69) is 252 Å². The monoisotopic (exact) mass is 836 g/mol. The van der Waals surface area contributed by atoms with Crippen molar-refractivity contribution in [1.29, 1.82) is 0 Å². The molecule has 0 aliphatic heterocycles. The summed E-state index contributed by atoms with van der Waals surface area (Å²) in [4.78, 5) is 0. The number of hydrogen-bond acceptors (Lipinski definition) is 0. The normalized spacial score (nSPS) is 11.9. The fourth-order valence-electron chi connectivity index (χ4n) is 11.0. The van der Waals surface area contributed by atoms with Crippen molar-refractivity contribution in [3.05, 3.63) is 243 Å². The van der Waals surface area contributed by atoms with Gasteiger partial charge in [0.1, 0.15) is 0 Å². The SMILES string of the molecule is c1ccc2cc(-c3ccc(-c4c5ccc(-n6c7ccccc7c7ccccc76)cc5c(-c5ccc6ccccc6c5)c5ccc(-n6c7ccccc7c7ccccc76)cc45)cc3)ccc2c1. The van der Waals surface area contributed by atoms with Crippen LogP contribution in [0.4, 0.5) is 0 Å². The lowest BCUT2D eigenvalue weighted by Crippen LogP contribution is -1.98. The van der Waals surface area contributed by atoms with Gasteiger partial charge in [-0.2, -0.15) is 0 Å². The first-order valence-corrected chi connectivity index (χ1v) is 22.8. The van der Waals surface area contributed by atoms with Crippen molar-refractivity contribution in [3.63, 3.8) is 0 Å². The van der Waals surface area contributed by atoms with Gasteiger partial charge in [-0.15, -0.1) is 0 Å². The van der Waals surface area contributed by atoms with Gasteiger partial charge >= 0.3 is 0 Å². The van der Waals surface area contributed by atoms with Crippen molar-refractivity contribution in [2.24, 2.45) is 0 Å². The third-order valence-electron chi connectivity index (χ3n) is 14.1. The third kappa shape index (κ3) is 5.55. The van der Waals surface area contributed by atoms with Gasteiger partial charge in [0, 0.05) is 32.9 Å². The summed E-state index contributed by atoms with van der Waals surface area (Å²) < 4.78 is 4.89. The van der Waals surface area contributed by atoms with Gasteiger partial charge < -0.3 is 9.13 Å². The maximum Gasteiger partial charge on any atom is 0.0541 e. The maximum atomic E-state index is 2.45. The quantitative estimate of drug-likeness (QED) is 0.153. The largest absolute Gasteiger partial charge is 0.309 e. The van der Waals surface area contributed by atoms with Gasteiger partial charge in [0.15, 0.2) is 0 Å². The van der Waals surface area contributed by atoms with Crippen LogP contribution in [0, 0.1) is 0 Å². The summed E-state index contributed by atoms with van der Waals surface area (Å²) in [5, 5.41) is 14.8. The fraction of sp³-hybridized carbons (Fsp3) is 0. The minimum Gasteiger partial charge on any atom is -0.309 e. The molecule has 306 valence electrons. The van der Waals surface area contributed by atoms with E-state index in [9.17, 15) is 0 Å². The summed E-state index contributed by atoms with van der Waals surface area (Å²) in [7, 11) is 0. The summed E-state index contributed by atoms with van der Waals surface area (Å²) >= 11 is 0. The van der Waals surface area contributed by atoms with Crippen molar-refractivity contribution in [1.82, 2.24) is 9.13 Å². The number of fused-ring (bicyclic) bond motifs is 10. The van der Waals surface area contributed by atoms with Gasteiger partial charge in [0.2, 0.25) is 0 Å². The Balaban J connectivity index is 1.09. The first-order valence-electron chi connectivity index (χ1n) is 22.8. The molecule has 0 aliphatic carbocycles. The van der Waals surface area contributed by atoms with Crippen LogP contribution in [0.15, 0.2) is 243 Å². The molecule has 0 fully saturated rings. The molecule has 12 aromatic carbocycles. The second-order valence-corrected chi connectivity index (χ2v) is 17.7. The highest BCUT2D eigenvalue weighted by atomic mass is 15.0. The summed E-state index contributed by atoms with van der Waals surface area (Å²) in [5.41, 5.74) is 14.3. The van der Waals surface area contributed by atoms with Crippen molar-refractivity contribution in [2.75, 3.05) is 0 Å². The Kier molecular flexibility index (Phi) is 8.02. The van der Waals surface area contributed by atoms with Crippen LogP contribution in [0.5, 0.6) is 0 Å². The molecule has 0 bridgehead atoms. The smallest absolute Gasteiger partial charge is 0.0541 e. The van der Waals surface area contributed by atoms with Crippen LogP contribution < -0.4 is 0 Å². The molecule has 14 aromatic rings. The molecule has 0 radical (unpaired) electrons. The second kappa shape index (κ2) is 14.4. The Hall–Kier alpha value is -8.72. The van der Waals surface area contributed by atoms with E-state index in [1.165, 1.54) is 120 Å². The minimum atomic E-state index is 1.14. The van der Waals surface area contributed by atoms with Crippen LogP contribution in [-0.2, 0) is 0 Å². The zero-order valence-electron chi connectivity index (χ0n) is 36.0. The summed E-state index contributed by atoms with van der Waals surface area (Å²) in [6.07, 6.45) is 0. The molecule has 2 aromatic heterocycles. The highest BCUT2D eigenvalue weighted by Gasteiger charge is 2.21. The topological polar surface area (TPSA) is 9.86 Å². The molecule has 0 unspecified atom stereocenters. The van der Waals surface area contributed by atoms with Crippen molar-refractivity contribution >= 4 is 86.7 Å². The van der Waals surface area contributed by atoms with Crippen LogP contribution in [0.25, 0.3) is 131 Å². The molecule has 0 N–H and O–H groups in total. The molecule has 0 spiro atoms. The Morgan fingerprint density at radius 1 is 0.197 bits per heavy atom. The van der Waals surface area contributed by atoms with E-state index in [0.717, 1.165) is 11.4 Å². The maximum absolute atomic E-state index is 2.45. The minimum absolute atomic E-state index is 1.14. The van der Waals surface area contributed by atoms with Gasteiger partial charge in [-0.3, -0.25) is 0 Å². The van der Waals surface area contributed by atoms with Crippen LogP contribution in [-0.4, -0.2) is 9.13 Å². The Labute approximate surface area is 381 Å². The van der Waals surface area contributed by atoms with Crippen LogP contribution in [0.1, 0.15) is 0 Å². The Morgan fingerprint density at radius 2 is 0.545 bits per heavy atom. The van der Waals surface area contributed by atoms with Crippen LogP contribution in [0.2, 0.25) is 0 Å². The zero-order chi connectivity index (χ0) is 43.3. The average Bonchev–Trinajstić information content (AvgIpc) is 3.90. The highest BCUT2D eigenvalue weighted by molar-refractivity contribution is 6.23.